The van der Waals surface area contributed by atoms with Crippen LogP contribution in [0.15, 0.2) is 88.7 Å². The van der Waals surface area contributed by atoms with Gasteiger partial charge in [-0.25, -0.2) is 16.8 Å². The van der Waals surface area contributed by atoms with E-state index in [2.05, 4.69) is 14.8 Å². The second-order valence-electron chi connectivity index (χ2n) is 9.86. The van der Waals surface area contributed by atoms with Gasteiger partial charge in [-0.2, -0.15) is 0 Å². The molecule has 0 bridgehead atoms. The Bertz CT molecular complexity index is 1790. The molecule has 3 N–H and O–H groups in total. The number of sulfonamides is 2. The molecule has 0 atom stereocenters. The molecule has 4 rings (SSSR count). The van der Waals surface area contributed by atoms with Crippen LogP contribution < -0.4 is 14.8 Å². The quantitative estimate of drug-likeness (QED) is 0.234. The number of rotatable bonds is 8. The average Bonchev–Trinajstić information content (AvgIpc) is 2.85. The number of benzene rings is 4. The lowest BCUT2D eigenvalue weighted by Gasteiger charge is -2.14. The molecule has 10 heteroatoms. The molecule has 0 radical (unpaired) electrons. The maximum absolute atomic E-state index is 13.2. The van der Waals surface area contributed by atoms with Gasteiger partial charge in [0.1, 0.15) is 0 Å². The van der Waals surface area contributed by atoms with Gasteiger partial charge in [-0.3, -0.25) is 14.2 Å². The third-order valence-electron chi connectivity index (χ3n) is 6.26. The number of amides is 1. The van der Waals surface area contributed by atoms with Gasteiger partial charge in [-0.05, 0) is 111 Å². The molecule has 0 aromatic heterocycles. The normalized spacial score (nSPS) is 11.6. The second kappa shape index (κ2) is 11.1. The number of carbonyl (C=O) groups is 1. The minimum Gasteiger partial charge on any atom is -0.322 e. The highest BCUT2D eigenvalue weighted by Crippen LogP contribution is 2.24. The van der Waals surface area contributed by atoms with Gasteiger partial charge in [0.2, 0.25) is 0 Å². The van der Waals surface area contributed by atoms with Crippen molar-refractivity contribution in [1.82, 2.24) is 0 Å². The van der Waals surface area contributed by atoms with Crippen molar-refractivity contribution < 1.29 is 21.6 Å². The van der Waals surface area contributed by atoms with E-state index in [4.69, 9.17) is 0 Å². The highest BCUT2D eigenvalue weighted by atomic mass is 32.2. The first-order chi connectivity index (χ1) is 18.7. The number of anilines is 3. The third kappa shape index (κ3) is 6.70. The van der Waals surface area contributed by atoms with Crippen LogP contribution in [0, 0.1) is 34.6 Å². The number of aryl methyl sites for hydroxylation is 5. The number of hydrogen-bond acceptors (Lipinski definition) is 5. The van der Waals surface area contributed by atoms with E-state index >= 15 is 0 Å². The number of nitrogens with one attached hydrogen (secondary N) is 3. The highest BCUT2D eigenvalue weighted by molar-refractivity contribution is 7.93. The van der Waals surface area contributed by atoms with Crippen LogP contribution in [0.2, 0.25) is 0 Å². The van der Waals surface area contributed by atoms with Crippen LogP contribution in [0.25, 0.3) is 0 Å². The maximum atomic E-state index is 13.2. The Balaban J connectivity index is 1.51. The molecule has 0 unspecified atom stereocenters. The Hall–Kier alpha value is -4.15. The zero-order chi connectivity index (χ0) is 29.2. The van der Waals surface area contributed by atoms with Crippen molar-refractivity contribution in [2.75, 3.05) is 14.8 Å². The van der Waals surface area contributed by atoms with Gasteiger partial charge >= 0.3 is 0 Å². The molecule has 4 aromatic rings. The van der Waals surface area contributed by atoms with E-state index in [1.54, 1.807) is 31.2 Å². The first-order valence-corrected chi connectivity index (χ1v) is 15.4. The molecule has 0 aliphatic heterocycles. The predicted molar refractivity (Wildman–Crippen MR) is 159 cm³/mol. The van der Waals surface area contributed by atoms with Crippen molar-refractivity contribution in [3.63, 3.8) is 0 Å². The molecular weight excluding hydrogens is 546 g/mol. The van der Waals surface area contributed by atoms with Gasteiger partial charge in [0, 0.05) is 16.9 Å². The largest absolute Gasteiger partial charge is 0.322 e. The van der Waals surface area contributed by atoms with Crippen molar-refractivity contribution in [3.8, 4) is 0 Å². The van der Waals surface area contributed by atoms with Crippen LogP contribution in [0.3, 0.4) is 0 Å². The summed E-state index contributed by atoms with van der Waals surface area (Å²) in [6, 6.07) is 21.0. The molecule has 0 aliphatic rings. The van der Waals surface area contributed by atoms with E-state index in [0.29, 0.717) is 22.6 Å². The van der Waals surface area contributed by atoms with Crippen LogP contribution in [0.5, 0.6) is 0 Å². The predicted octanol–water partition coefficient (Wildman–Crippen LogP) is 6.08. The second-order valence-corrected chi connectivity index (χ2v) is 13.2. The van der Waals surface area contributed by atoms with Gasteiger partial charge < -0.3 is 5.32 Å². The Morgan fingerprint density at radius 2 is 1.23 bits per heavy atom. The zero-order valence-electron chi connectivity index (χ0n) is 22.9. The van der Waals surface area contributed by atoms with E-state index in [-0.39, 0.29) is 15.4 Å². The molecule has 4 aromatic carbocycles. The average molecular weight is 578 g/mol. The number of carbonyl (C=O) groups excluding carboxylic acids is 1. The van der Waals surface area contributed by atoms with Crippen molar-refractivity contribution >= 4 is 43.0 Å². The fourth-order valence-electron chi connectivity index (χ4n) is 4.33. The van der Waals surface area contributed by atoms with Crippen LogP contribution in [-0.2, 0) is 20.0 Å². The van der Waals surface area contributed by atoms with Crippen LogP contribution in [0.4, 0.5) is 17.1 Å². The van der Waals surface area contributed by atoms with Crippen molar-refractivity contribution in [1.29, 1.82) is 0 Å². The summed E-state index contributed by atoms with van der Waals surface area (Å²) in [4.78, 5) is 13.0. The monoisotopic (exact) mass is 577 g/mol. The topological polar surface area (TPSA) is 121 Å². The molecule has 0 spiro atoms. The van der Waals surface area contributed by atoms with E-state index in [1.807, 2.05) is 45.9 Å². The molecule has 1 amide bonds. The van der Waals surface area contributed by atoms with Gasteiger partial charge in [0.15, 0.2) is 0 Å². The van der Waals surface area contributed by atoms with Crippen molar-refractivity contribution in [2.24, 2.45) is 0 Å². The standard InChI is InChI=1S/C30H31N3O5S2/c1-19-6-13-28(23(5)15-19)33-39(35,36)27-11-9-25(10-12-27)31-30(34)24-8-7-22(4)29(18-24)40(37,38)32-26-16-20(2)14-21(3)17-26/h6-18,32-33H,1-5H3,(H,31,34). The lowest BCUT2D eigenvalue weighted by Crippen LogP contribution is -2.17. The van der Waals surface area contributed by atoms with E-state index < -0.39 is 26.0 Å². The summed E-state index contributed by atoms with van der Waals surface area (Å²) in [6.45, 7) is 9.17. The first-order valence-electron chi connectivity index (χ1n) is 12.5. The van der Waals surface area contributed by atoms with Gasteiger partial charge in [0.25, 0.3) is 26.0 Å². The Morgan fingerprint density at radius 3 is 1.85 bits per heavy atom. The Labute approximate surface area is 235 Å². The van der Waals surface area contributed by atoms with Gasteiger partial charge in [0.05, 0.1) is 15.5 Å². The minimum absolute atomic E-state index is 0.0155. The summed E-state index contributed by atoms with van der Waals surface area (Å²) in [5, 5.41) is 2.70. The lowest BCUT2D eigenvalue weighted by atomic mass is 10.1. The molecular formula is C30H31N3O5S2. The third-order valence-corrected chi connectivity index (χ3v) is 9.17. The maximum Gasteiger partial charge on any atom is 0.262 e. The first kappa shape index (κ1) is 28.8. The van der Waals surface area contributed by atoms with Crippen molar-refractivity contribution in [2.45, 2.75) is 44.4 Å². The van der Waals surface area contributed by atoms with Crippen LogP contribution in [0.1, 0.15) is 38.2 Å². The molecule has 8 nitrogen and oxygen atoms in total. The van der Waals surface area contributed by atoms with Crippen LogP contribution in [-0.4, -0.2) is 22.7 Å². The number of hydrogen-bond donors (Lipinski definition) is 3. The van der Waals surface area contributed by atoms with Crippen molar-refractivity contribution in [3.05, 3.63) is 112 Å². The summed E-state index contributed by atoms with van der Waals surface area (Å²) in [6.07, 6.45) is 0. The molecule has 0 aliphatic carbocycles. The fraction of sp³-hybridized carbons (Fsp3) is 0.167. The summed E-state index contributed by atoms with van der Waals surface area (Å²) in [5.41, 5.74) is 5.57. The molecule has 208 valence electrons. The summed E-state index contributed by atoms with van der Waals surface area (Å²) < 4.78 is 57.3. The van der Waals surface area contributed by atoms with E-state index in [0.717, 1.165) is 22.3 Å². The summed E-state index contributed by atoms with van der Waals surface area (Å²) in [5.74, 6) is -0.535. The smallest absolute Gasteiger partial charge is 0.262 e. The summed E-state index contributed by atoms with van der Waals surface area (Å²) >= 11 is 0. The van der Waals surface area contributed by atoms with E-state index in [9.17, 15) is 21.6 Å². The molecule has 0 saturated carbocycles. The molecule has 0 saturated heterocycles. The van der Waals surface area contributed by atoms with Gasteiger partial charge in [-0.15, -0.1) is 0 Å². The zero-order valence-corrected chi connectivity index (χ0v) is 24.5. The van der Waals surface area contributed by atoms with E-state index in [1.165, 1.54) is 36.4 Å². The van der Waals surface area contributed by atoms with Gasteiger partial charge in [-0.1, -0.05) is 29.8 Å². The van der Waals surface area contributed by atoms with Crippen LogP contribution >= 0.6 is 0 Å². The fourth-order valence-corrected chi connectivity index (χ4v) is 6.77. The SMILES string of the molecule is Cc1cc(C)cc(NS(=O)(=O)c2cc(C(=O)Nc3ccc(S(=O)(=O)Nc4ccc(C)cc4C)cc3)ccc2C)c1. The Kier molecular flexibility index (Phi) is 8.04. The Morgan fingerprint density at radius 1 is 0.575 bits per heavy atom. The molecule has 0 fully saturated rings. The highest BCUT2D eigenvalue weighted by Gasteiger charge is 2.20. The molecule has 40 heavy (non-hydrogen) atoms. The lowest BCUT2D eigenvalue weighted by molar-refractivity contribution is 0.102. The minimum atomic E-state index is -3.96. The molecule has 0 heterocycles. The summed E-state index contributed by atoms with van der Waals surface area (Å²) in [7, 11) is -7.80.